The van der Waals surface area contributed by atoms with Gasteiger partial charge in [-0.15, -0.1) is 6.42 Å². The summed E-state index contributed by atoms with van der Waals surface area (Å²) < 4.78 is 38.2. The Morgan fingerprint density at radius 3 is 2.59 bits per heavy atom. The van der Waals surface area contributed by atoms with Crippen LogP contribution in [-0.2, 0) is 6.54 Å². The highest BCUT2D eigenvalue weighted by Gasteiger charge is 2.79. The van der Waals surface area contributed by atoms with Gasteiger partial charge < -0.3 is 10.6 Å². The number of carbonyl (C=O) groups excluding carboxylic acids is 1. The molecule has 0 aromatic heterocycles. The van der Waals surface area contributed by atoms with Gasteiger partial charge >= 0.3 is 12.2 Å². The maximum atomic E-state index is 12.7. The summed E-state index contributed by atoms with van der Waals surface area (Å²) in [6.45, 7) is 0.280. The topological polar surface area (TPSA) is 41.1 Å². The second-order valence-electron chi connectivity index (χ2n) is 6.24. The molecule has 0 saturated heterocycles. The Balaban J connectivity index is 1.48. The number of hydrogen-bond donors (Lipinski definition) is 2. The first-order valence-electron chi connectivity index (χ1n) is 6.96. The van der Waals surface area contributed by atoms with Crippen LogP contribution in [0, 0.1) is 17.8 Å². The van der Waals surface area contributed by atoms with Crippen LogP contribution in [0.3, 0.4) is 0 Å². The van der Waals surface area contributed by atoms with Crippen LogP contribution in [0.1, 0.15) is 30.4 Å². The van der Waals surface area contributed by atoms with Gasteiger partial charge in [0.25, 0.3) is 0 Å². The zero-order valence-electron chi connectivity index (χ0n) is 11.8. The summed E-state index contributed by atoms with van der Waals surface area (Å²) in [6.07, 6.45) is 1.10. The van der Waals surface area contributed by atoms with E-state index in [1.165, 1.54) is 0 Å². The van der Waals surface area contributed by atoms with Crippen LogP contribution in [0.2, 0.25) is 0 Å². The molecule has 3 saturated carbocycles. The van der Waals surface area contributed by atoms with E-state index in [0.29, 0.717) is 5.56 Å². The lowest BCUT2D eigenvalue weighted by Gasteiger charge is -2.70. The molecule has 1 aromatic rings. The van der Waals surface area contributed by atoms with Crippen molar-refractivity contribution < 1.29 is 18.0 Å². The molecule has 3 fully saturated rings. The number of amides is 2. The lowest BCUT2D eigenvalue weighted by Crippen LogP contribution is -2.79. The Labute approximate surface area is 126 Å². The first-order chi connectivity index (χ1) is 10.3. The molecule has 2 N–H and O–H groups in total. The third-order valence-corrected chi connectivity index (χ3v) is 4.56. The number of carbonyl (C=O) groups is 1. The van der Waals surface area contributed by atoms with Gasteiger partial charge in [0.1, 0.15) is 0 Å². The molecule has 3 aliphatic rings. The van der Waals surface area contributed by atoms with E-state index in [0.717, 1.165) is 5.56 Å². The van der Waals surface area contributed by atoms with Gasteiger partial charge in [-0.2, -0.15) is 13.2 Å². The molecule has 0 heterocycles. The van der Waals surface area contributed by atoms with Crippen LogP contribution in [-0.4, -0.2) is 17.7 Å². The van der Waals surface area contributed by atoms with Crippen molar-refractivity contribution in [2.24, 2.45) is 5.41 Å². The van der Waals surface area contributed by atoms with Crippen molar-refractivity contribution in [3.63, 3.8) is 0 Å². The molecule has 0 spiro atoms. The number of urea groups is 1. The van der Waals surface area contributed by atoms with Gasteiger partial charge in [0.15, 0.2) is 0 Å². The summed E-state index contributed by atoms with van der Waals surface area (Å²) >= 11 is 0. The number of nitrogens with one attached hydrogen (secondary N) is 2. The van der Waals surface area contributed by atoms with E-state index in [4.69, 9.17) is 6.42 Å². The van der Waals surface area contributed by atoms with Crippen LogP contribution in [0.15, 0.2) is 24.3 Å². The molecule has 116 valence electrons. The monoisotopic (exact) mass is 308 g/mol. The van der Waals surface area contributed by atoms with Gasteiger partial charge in [-0.05, 0) is 37.0 Å². The minimum atomic E-state index is -4.16. The summed E-state index contributed by atoms with van der Waals surface area (Å²) in [6, 6.07) is 6.72. The van der Waals surface area contributed by atoms with Crippen molar-refractivity contribution in [1.29, 1.82) is 0 Å². The third kappa shape index (κ3) is 2.31. The quantitative estimate of drug-likeness (QED) is 0.828. The maximum Gasteiger partial charge on any atom is 0.394 e. The van der Waals surface area contributed by atoms with Gasteiger partial charge in [0, 0.05) is 17.6 Å². The zero-order valence-corrected chi connectivity index (χ0v) is 11.8. The van der Waals surface area contributed by atoms with E-state index in [9.17, 15) is 18.0 Å². The Morgan fingerprint density at radius 1 is 1.32 bits per heavy atom. The fourth-order valence-electron chi connectivity index (χ4n) is 3.46. The van der Waals surface area contributed by atoms with E-state index < -0.39 is 23.2 Å². The molecule has 1 aromatic carbocycles. The second kappa shape index (κ2) is 4.67. The Morgan fingerprint density at radius 2 is 2.00 bits per heavy atom. The fourth-order valence-corrected chi connectivity index (χ4v) is 3.46. The molecular formula is C16H15F3N2O. The Bertz CT molecular complexity index is 640. The highest BCUT2D eigenvalue weighted by atomic mass is 19.4. The number of hydrogen-bond acceptors (Lipinski definition) is 1. The van der Waals surface area contributed by atoms with Gasteiger partial charge in [-0.3, -0.25) is 0 Å². The van der Waals surface area contributed by atoms with Crippen LogP contribution < -0.4 is 10.6 Å². The Kier molecular flexibility index (Phi) is 3.13. The van der Waals surface area contributed by atoms with Crippen molar-refractivity contribution >= 4 is 6.03 Å². The largest absolute Gasteiger partial charge is 0.394 e. The average Bonchev–Trinajstić information content (AvgIpc) is 2.37. The normalized spacial score (nSPS) is 28.8. The predicted molar refractivity (Wildman–Crippen MR) is 74.8 cm³/mol. The minimum absolute atomic E-state index is 0.0104. The van der Waals surface area contributed by atoms with Crippen molar-refractivity contribution in [1.82, 2.24) is 10.6 Å². The second-order valence-corrected chi connectivity index (χ2v) is 6.24. The van der Waals surface area contributed by atoms with Crippen molar-refractivity contribution in [3.8, 4) is 12.3 Å². The first kappa shape index (κ1) is 14.8. The van der Waals surface area contributed by atoms with E-state index in [-0.39, 0.29) is 25.8 Å². The summed E-state index contributed by atoms with van der Waals surface area (Å²) in [4.78, 5) is 11.8. The molecule has 0 unspecified atom stereocenters. The number of alkyl halides is 3. The van der Waals surface area contributed by atoms with Gasteiger partial charge in [-0.25, -0.2) is 4.79 Å². The SMILES string of the molecule is C#Cc1cccc(CNC(=O)NC23CC(C(F)(F)F)(C2)C3)c1. The lowest BCUT2D eigenvalue weighted by atomic mass is 9.39. The van der Waals surface area contributed by atoms with Gasteiger partial charge in [0.2, 0.25) is 0 Å². The number of terminal acetylenes is 1. The van der Waals surface area contributed by atoms with Crippen LogP contribution >= 0.6 is 0 Å². The first-order valence-corrected chi connectivity index (χ1v) is 6.96. The molecule has 4 rings (SSSR count). The maximum absolute atomic E-state index is 12.7. The van der Waals surface area contributed by atoms with E-state index in [1.54, 1.807) is 18.2 Å². The molecule has 3 nitrogen and oxygen atoms in total. The average molecular weight is 308 g/mol. The van der Waals surface area contributed by atoms with Gasteiger partial charge in [-0.1, -0.05) is 18.1 Å². The highest BCUT2D eigenvalue weighted by Crippen LogP contribution is 2.73. The molecule has 2 bridgehead atoms. The Hall–Kier alpha value is -2.16. The zero-order chi connectivity index (χ0) is 16.0. The van der Waals surface area contributed by atoms with E-state index in [1.807, 2.05) is 6.07 Å². The van der Waals surface area contributed by atoms with E-state index >= 15 is 0 Å². The molecule has 0 aliphatic heterocycles. The van der Waals surface area contributed by atoms with Crippen LogP contribution in [0.25, 0.3) is 0 Å². The number of benzene rings is 1. The smallest absolute Gasteiger partial charge is 0.334 e. The summed E-state index contributed by atoms with van der Waals surface area (Å²) in [5.41, 5.74) is -0.664. The minimum Gasteiger partial charge on any atom is -0.334 e. The van der Waals surface area contributed by atoms with Crippen molar-refractivity contribution in [2.45, 2.75) is 37.5 Å². The fraction of sp³-hybridized carbons (Fsp3) is 0.438. The molecule has 2 amide bonds. The lowest BCUT2D eigenvalue weighted by molar-refractivity contribution is -0.336. The molecule has 6 heteroatoms. The summed E-state index contributed by atoms with van der Waals surface area (Å²) in [5, 5.41) is 5.31. The van der Waals surface area contributed by atoms with Crippen LogP contribution in [0.4, 0.5) is 18.0 Å². The standard InChI is InChI=1S/C16H15F3N2O/c1-2-11-4-3-5-12(6-11)7-20-13(22)21-15-8-14(9-15,10-15)16(17,18)19/h1,3-6H,7-10H2,(H2,20,21,22). The summed E-state index contributed by atoms with van der Waals surface area (Å²) in [5.74, 6) is 2.50. The van der Waals surface area contributed by atoms with Gasteiger partial charge in [0.05, 0.1) is 5.41 Å². The van der Waals surface area contributed by atoms with Crippen molar-refractivity contribution in [3.05, 3.63) is 35.4 Å². The third-order valence-electron chi connectivity index (χ3n) is 4.56. The number of rotatable bonds is 3. The van der Waals surface area contributed by atoms with Crippen LogP contribution in [0.5, 0.6) is 0 Å². The summed E-state index contributed by atoms with van der Waals surface area (Å²) in [7, 11) is 0. The molecule has 3 aliphatic carbocycles. The molecule has 22 heavy (non-hydrogen) atoms. The molecule has 0 radical (unpaired) electrons. The van der Waals surface area contributed by atoms with Crippen molar-refractivity contribution in [2.75, 3.05) is 0 Å². The number of halogens is 3. The highest BCUT2D eigenvalue weighted by molar-refractivity contribution is 5.75. The molecular weight excluding hydrogens is 293 g/mol. The van der Waals surface area contributed by atoms with E-state index in [2.05, 4.69) is 16.6 Å². The molecule has 0 atom stereocenters. The predicted octanol–water partition coefficient (Wildman–Crippen LogP) is 2.95.